The Hall–Kier alpha value is -1.06. The first kappa shape index (κ1) is 10.5. The number of hydrogen-bond acceptors (Lipinski definition) is 3. The summed E-state index contributed by atoms with van der Waals surface area (Å²) in [5.74, 6) is 0.982. The number of rotatable bonds is 4. The van der Waals surface area contributed by atoms with Crippen LogP contribution in [0.25, 0.3) is 0 Å². The lowest BCUT2D eigenvalue weighted by atomic mass is 10.2. The molecule has 0 amide bonds. The van der Waals surface area contributed by atoms with E-state index in [1.165, 1.54) is 10.4 Å². The van der Waals surface area contributed by atoms with Gasteiger partial charge < -0.3 is 9.73 Å². The van der Waals surface area contributed by atoms with E-state index >= 15 is 0 Å². The summed E-state index contributed by atoms with van der Waals surface area (Å²) in [5.41, 5.74) is 1.36. The number of hydrogen-bond donors (Lipinski definition) is 1. The van der Waals surface area contributed by atoms with E-state index in [9.17, 15) is 0 Å². The van der Waals surface area contributed by atoms with Gasteiger partial charge in [0.25, 0.3) is 0 Å². The molecular formula is C12H15NOS. The summed E-state index contributed by atoms with van der Waals surface area (Å²) in [6, 6.07) is 6.44. The van der Waals surface area contributed by atoms with Crippen molar-refractivity contribution in [3.05, 3.63) is 46.0 Å². The highest BCUT2D eigenvalue weighted by Crippen LogP contribution is 2.23. The van der Waals surface area contributed by atoms with Crippen molar-refractivity contribution in [2.75, 3.05) is 0 Å². The monoisotopic (exact) mass is 221 g/mol. The van der Waals surface area contributed by atoms with E-state index in [4.69, 9.17) is 4.42 Å². The molecule has 3 heteroatoms. The van der Waals surface area contributed by atoms with Gasteiger partial charge in [0.15, 0.2) is 0 Å². The van der Waals surface area contributed by atoms with E-state index in [0.29, 0.717) is 6.04 Å². The SMILES string of the molecule is Cc1ccsc1[C@@H](C)NCc1ccco1. The number of aryl methyl sites for hydroxylation is 1. The molecule has 80 valence electrons. The first-order valence-electron chi connectivity index (χ1n) is 5.07. The molecule has 0 saturated heterocycles. The molecule has 0 unspecified atom stereocenters. The van der Waals surface area contributed by atoms with E-state index in [1.807, 2.05) is 12.1 Å². The van der Waals surface area contributed by atoms with Gasteiger partial charge in [-0.05, 0) is 43.0 Å². The largest absolute Gasteiger partial charge is 0.468 e. The molecule has 1 N–H and O–H groups in total. The third-order valence-electron chi connectivity index (χ3n) is 2.46. The van der Waals surface area contributed by atoms with Crippen LogP contribution in [0.3, 0.4) is 0 Å². The highest BCUT2D eigenvalue weighted by Gasteiger charge is 2.09. The summed E-state index contributed by atoms with van der Waals surface area (Å²) in [7, 11) is 0. The van der Waals surface area contributed by atoms with Crippen LogP contribution in [0.1, 0.15) is 29.2 Å². The van der Waals surface area contributed by atoms with Gasteiger partial charge >= 0.3 is 0 Å². The van der Waals surface area contributed by atoms with Gasteiger partial charge in [-0.3, -0.25) is 0 Å². The Balaban J connectivity index is 1.93. The van der Waals surface area contributed by atoms with Crippen LogP contribution in [0.5, 0.6) is 0 Å². The Morgan fingerprint density at radius 1 is 1.47 bits per heavy atom. The molecule has 2 heterocycles. The molecule has 15 heavy (non-hydrogen) atoms. The molecule has 2 nitrogen and oxygen atoms in total. The van der Waals surface area contributed by atoms with Crippen molar-refractivity contribution in [2.24, 2.45) is 0 Å². The minimum Gasteiger partial charge on any atom is -0.468 e. The average Bonchev–Trinajstić information content (AvgIpc) is 2.84. The lowest BCUT2D eigenvalue weighted by molar-refractivity contribution is 0.462. The van der Waals surface area contributed by atoms with Crippen molar-refractivity contribution >= 4 is 11.3 Å². The fraction of sp³-hybridized carbons (Fsp3) is 0.333. The molecule has 2 aromatic rings. The third-order valence-corrected chi connectivity index (χ3v) is 3.66. The molecule has 0 bridgehead atoms. The van der Waals surface area contributed by atoms with Crippen LogP contribution in [0.4, 0.5) is 0 Å². The van der Waals surface area contributed by atoms with E-state index in [2.05, 4.69) is 30.6 Å². The van der Waals surface area contributed by atoms with E-state index < -0.39 is 0 Å². The number of nitrogens with one attached hydrogen (secondary N) is 1. The fourth-order valence-electron chi connectivity index (χ4n) is 1.59. The second kappa shape index (κ2) is 4.64. The van der Waals surface area contributed by atoms with E-state index in [-0.39, 0.29) is 0 Å². The van der Waals surface area contributed by atoms with Crippen LogP contribution >= 0.6 is 11.3 Å². The second-order valence-electron chi connectivity index (χ2n) is 3.65. The van der Waals surface area contributed by atoms with Crippen molar-refractivity contribution in [1.29, 1.82) is 0 Å². The lowest BCUT2D eigenvalue weighted by Gasteiger charge is -2.12. The smallest absolute Gasteiger partial charge is 0.117 e. The van der Waals surface area contributed by atoms with Crippen LogP contribution in [-0.2, 0) is 6.54 Å². The highest BCUT2D eigenvalue weighted by atomic mass is 32.1. The second-order valence-corrected chi connectivity index (χ2v) is 4.60. The summed E-state index contributed by atoms with van der Waals surface area (Å²) in [6.07, 6.45) is 1.71. The topological polar surface area (TPSA) is 25.2 Å². The number of furan rings is 1. The number of thiophene rings is 1. The molecule has 0 aromatic carbocycles. The van der Waals surface area contributed by atoms with Gasteiger partial charge in [0.1, 0.15) is 5.76 Å². The van der Waals surface area contributed by atoms with Crippen molar-refractivity contribution in [3.63, 3.8) is 0 Å². The lowest BCUT2D eigenvalue weighted by Crippen LogP contribution is -2.17. The molecule has 2 aromatic heterocycles. The normalized spacial score (nSPS) is 12.9. The standard InChI is InChI=1S/C12H15NOS/c1-9-5-7-15-12(9)10(2)13-8-11-4-3-6-14-11/h3-7,10,13H,8H2,1-2H3/t10-/m1/s1. The van der Waals surface area contributed by atoms with Gasteiger partial charge in [-0.25, -0.2) is 0 Å². The van der Waals surface area contributed by atoms with Gasteiger partial charge in [-0.15, -0.1) is 11.3 Å². The van der Waals surface area contributed by atoms with Crippen molar-refractivity contribution in [3.8, 4) is 0 Å². The Labute approximate surface area is 93.9 Å². The predicted molar refractivity (Wildman–Crippen MR) is 63.0 cm³/mol. The van der Waals surface area contributed by atoms with Gasteiger partial charge in [0.05, 0.1) is 12.8 Å². The Kier molecular flexibility index (Phi) is 3.23. The van der Waals surface area contributed by atoms with Crippen molar-refractivity contribution in [1.82, 2.24) is 5.32 Å². The minimum atomic E-state index is 0.384. The van der Waals surface area contributed by atoms with Crippen LogP contribution in [0, 0.1) is 6.92 Å². The summed E-state index contributed by atoms with van der Waals surface area (Å²) < 4.78 is 5.27. The van der Waals surface area contributed by atoms with Crippen LogP contribution in [0.2, 0.25) is 0 Å². The Morgan fingerprint density at radius 3 is 2.93 bits per heavy atom. The molecule has 0 aliphatic heterocycles. The predicted octanol–water partition coefficient (Wildman–Crippen LogP) is 3.50. The van der Waals surface area contributed by atoms with Crippen LogP contribution < -0.4 is 5.32 Å². The molecule has 1 atom stereocenters. The first-order chi connectivity index (χ1) is 7.27. The maximum Gasteiger partial charge on any atom is 0.117 e. The Morgan fingerprint density at radius 2 is 2.33 bits per heavy atom. The molecule has 0 radical (unpaired) electrons. The highest BCUT2D eigenvalue weighted by molar-refractivity contribution is 7.10. The summed E-state index contributed by atoms with van der Waals surface area (Å²) in [4.78, 5) is 1.40. The maximum absolute atomic E-state index is 5.27. The van der Waals surface area contributed by atoms with Gasteiger partial charge in [-0.1, -0.05) is 0 Å². The third kappa shape index (κ3) is 2.49. The molecule has 0 aliphatic carbocycles. The first-order valence-corrected chi connectivity index (χ1v) is 5.95. The summed E-state index contributed by atoms with van der Waals surface area (Å²) in [6.45, 7) is 5.12. The summed E-state index contributed by atoms with van der Waals surface area (Å²) >= 11 is 1.80. The molecule has 0 saturated carbocycles. The van der Waals surface area contributed by atoms with Gasteiger partial charge in [-0.2, -0.15) is 0 Å². The quantitative estimate of drug-likeness (QED) is 0.854. The maximum atomic E-state index is 5.27. The molecule has 2 rings (SSSR count). The molecule has 0 fully saturated rings. The fourth-order valence-corrected chi connectivity index (χ4v) is 2.55. The minimum absolute atomic E-state index is 0.384. The summed E-state index contributed by atoms with van der Waals surface area (Å²) in [5, 5.41) is 5.58. The van der Waals surface area contributed by atoms with E-state index in [0.717, 1.165) is 12.3 Å². The zero-order chi connectivity index (χ0) is 10.7. The molecular weight excluding hydrogens is 206 g/mol. The van der Waals surface area contributed by atoms with E-state index in [1.54, 1.807) is 17.6 Å². The van der Waals surface area contributed by atoms with Crippen molar-refractivity contribution in [2.45, 2.75) is 26.4 Å². The van der Waals surface area contributed by atoms with Gasteiger partial charge in [0.2, 0.25) is 0 Å². The van der Waals surface area contributed by atoms with Crippen molar-refractivity contribution < 1.29 is 4.42 Å². The van der Waals surface area contributed by atoms with Crippen LogP contribution in [0.15, 0.2) is 34.3 Å². The van der Waals surface area contributed by atoms with Gasteiger partial charge in [0, 0.05) is 10.9 Å². The molecule has 0 aliphatic rings. The zero-order valence-electron chi connectivity index (χ0n) is 8.99. The van der Waals surface area contributed by atoms with Crippen LogP contribution in [-0.4, -0.2) is 0 Å². The zero-order valence-corrected chi connectivity index (χ0v) is 9.80. The average molecular weight is 221 g/mol. The molecule has 0 spiro atoms. The Bertz CT molecular complexity index is 405.